The molecule has 102 valence electrons. The smallest absolute Gasteiger partial charge is 0.167 e. The van der Waals surface area contributed by atoms with Crippen molar-refractivity contribution in [2.45, 2.75) is 6.92 Å². The molecule has 0 aliphatic carbocycles. The van der Waals surface area contributed by atoms with E-state index in [-0.39, 0.29) is 5.75 Å². The van der Waals surface area contributed by atoms with Crippen molar-refractivity contribution in [2.75, 3.05) is 17.7 Å². The minimum absolute atomic E-state index is 0.205. The van der Waals surface area contributed by atoms with Crippen molar-refractivity contribution in [1.29, 1.82) is 5.26 Å². The van der Waals surface area contributed by atoms with Crippen molar-refractivity contribution >= 4 is 17.1 Å². The number of hydrogen-bond acceptors (Lipinski definition) is 4. The first-order valence-electron chi connectivity index (χ1n) is 6.13. The zero-order valence-corrected chi connectivity index (χ0v) is 11.0. The second-order valence-corrected chi connectivity index (χ2v) is 4.12. The third-order valence-electron chi connectivity index (χ3n) is 2.69. The van der Waals surface area contributed by atoms with Gasteiger partial charge in [0.25, 0.3) is 0 Å². The number of anilines is 3. The summed E-state index contributed by atoms with van der Waals surface area (Å²) in [5.74, 6) is -0.247. The van der Waals surface area contributed by atoms with Crippen molar-refractivity contribution in [3.05, 3.63) is 47.8 Å². The van der Waals surface area contributed by atoms with Crippen molar-refractivity contribution in [3.63, 3.8) is 0 Å². The first-order valence-corrected chi connectivity index (χ1v) is 6.13. The van der Waals surface area contributed by atoms with Crippen LogP contribution >= 0.6 is 0 Å². The van der Waals surface area contributed by atoms with Crippen LogP contribution in [0.5, 0.6) is 5.75 Å². The summed E-state index contributed by atoms with van der Waals surface area (Å²) >= 11 is 0. The van der Waals surface area contributed by atoms with Gasteiger partial charge in [0.1, 0.15) is 0 Å². The van der Waals surface area contributed by atoms with Crippen LogP contribution in [0.1, 0.15) is 12.5 Å². The van der Waals surface area contributed by atoms with E-state index < -0.39 is 5.82 Å². The largest absolute Gasteiger partial charge is 0.491 e. The summed E-state index contributed by atoms with van der Waals surface area (Å²) < 4.78 is 18.9. The molecule has 0 aromatic heterocycles. The van der Waals surface area contributed by atoms with Crippen molar-refractivity contribution in [2.24, 2.45) is 0 Å². The predicted molar refractivity (Wildman–Crippen MR) is 76.4 cm³/mol. The quantitative estimate of drug-likeness (QED) is 0.836. The Morgan fingerprint density at radius 3 is 2.75 bits per heavy atom. The first-order chi connectivity index (χ1) is 9.63. The molecule has 2 aromatic rings. The molecule has 2 aromatic carbocycles. The molecule has 4 nitrogen and oxygen atoms in total. The summed E-state index contributed by atoms with van der Waals surface area (Å²) in [5.41, 5.74) is 7.88. The van der Waals surface area contributed by atoms with E-state index in [2.05, 4.69) is 5.32 Å². The fourth-order valence-electron chi connectivity index (χ4n) is 1.74. The fraction of sp³-hybridized carbons (Fsp3) is 0.133. The Balaban J connectivity index is 2.26. The fourth-order valence-corrected chi connectivity index (χ4v) is 1.74. The maximum absolute atomic E-state index is 13.7. The minimum Gasteiger partial charge on any atom is -0.491 e. The van der Waals surface area contributed by atoms with Gasteiger partial charge in [0.15, 0.2) is 11.6 Å². The number of ether oxygens (including phenoxy) is 1. The Labute approximate surface area is 116 Å². The third kappa shape index (κ3) is 2.98. The van der Waals surface area contributed by atoms with Crippen LogP contribution in [-0.4, -0.2) is 6.61 Å². The molecule has 0 spiro atoms. The SMILES string of the molecule is CCOc1ccc(Nc2cc(C#N)ccc2N)cc1F. The van der Waals surface area contributed by atoms with E-state index in [0.29, 0.717) is 29.2 Å². The van der Waals surface area contributed by atoms with Crippen LogP contribution in [0.2, 0.25) is 0 Å². The lowest BCUT2D eigenvalue weighted by Crippen LogP contribution is -1.99. The van der Waals surface area contributed by atoms with Crippen LogP contribution in [0, 0.1) is 17.1 Å². The summed E-state index contributed by atoms with van der Waals surface area (Å²) in [7, 11) is 0. The monoisotopic (exact) mass is 271 g/mol. The van der Waals surface area contributed by atoms with Gasteiger partial charge in [-0.15, -0.1) is 0 Å². The van der Waals surface area contributed by atoms with E-state index in [0.717, 1.165) is 0 Å². The molecule has 2 rings (SSSR count). The number of nitrogen functional groups attached to an aromatic ring is 1. The van der Waals surface area contributed by atoms with Gasteiger partial charge >= 0.3 is 0 Å². The van der Waals surface area contributed by atoms with Gasteiger partial charge in [-0.3, -0.25) is 0 Å². The molecule has 0 heterocycles. The second kappa shape index (κ2) is 5.93. The average molecular weight is 271 g/mol. The minimum atomic E-state index is -0.452. The Morgan fingerprint density at radius 1 is 1.30 bits per heavy atom. The van der Waals surface area contributed by atoms with Crippen LogP contribution in [-0.2, 0) is 0 Å². The maximum Gasteiger partial charge on any atom is 0.167 e. The summed E-state index contributed by atoms with van der Waals surface area (Å²) in [6, 6.07) is 11.5. The molecule has 0 unspecified atom stereocenters. The third-order valence-corrected chi connectivity index (χ3v) is 2.69. The summed E-state index contributed by atoms with van der Waals surface area (Å²) in [5, 5.41) is 11.8. The molecule has 20 heavy (non-hydrogen) atoms. The second-order valence-electron chi connectivity index (χ2n) is 4.12. The molecule has 0 radical (unpaired) electrons. The summed E-state index contributed by atoms with van der Waals surface area (Å²) in [4.78, 5) is 0. The van der Waals surface area contributed by atoms with Gasteiger partial charge in [0, 0.05) is 11.8 Å². The van der Waals surface area contributed by atoms with Crippen molar-refractivity contribution < 1.29 is 9.13 Å². The highest BCUT2D eigenvalue weighted by molar-refractivity contribution is 5.74. The van der Waals surface area contributed by atoms with Crippen LogP contribution in [0.15, 0.2) is 36.4 Å². The van der Waals surface area contributed by atoms with Gasteiger partial charge in [-0.1, -0.05) is 0 Å². The molecule has 0 amide bonds. The molecule has 0 saturated heterocycles. The topological polar surface area (TPSA) is 71.1 Å². The van der Waals surface area contributed by atoms with Crippen LogP contribution in [0.3, 0.4) is 0 Å². The molecule has 5 heteroatoms. The van der Waals surface area contributed by atoms with E-state index in [4.69, 9.17) is 15.7 Å². The van der Waals surface area contributed by atoms with Crippen LogP contribution in [0.4, 0.5) is 21.5 Å². The zero-order valence-electron chi connectivity index (χ0n) is 11.0. The van der Waals surface area contributed by atoms with Gasteiger partial charge in [-0.2, -0.15) is 5.26 Å². The molecule has 0 fully saturated rings. The molecular formula is C15H14FN3O. The number of halogens is 1. The normalized spacial score (nSPS) is 9.85. The van der Waals surface area contributed by atoms with Crippen LogP contribution < -0.4 is 15.8 Å². The highest BCUT2D eigenvalue weighted by Crippen LogP contribution is 2.27. The molecule has 0 aliphatic heterocycles. The number of nitrogens with zero attached hydrogens (tertiary/aromatic N) is 1. The Morgan fingerprint density at radius 2 is 2.10 bits per heavy atom. The zero-order chi connectivity index (χ0) is 14.5. The van der Waals surface area contributed by atoms with Crippen molar-refractivity contribution in [1.82, 2.24) is 0 Å². The van der Waals surface area contributed by atoms with Gasteiger partial charge in [0.2, 0.25) is 0 Å². The highest BCUT2D eigenvalue weighted by atomic mass is 19.1. The average Bonchev–Trinajstić information content (AvgIpc) is 2.44. The van der Waals surface area contributed by atoms with Crippen molar-refractivity contribution in [3.8, 4) is 11.8 Å². The standard InChI is InChI=1S/C15H14FN3O/c1-2-20-15-6-4-11(8-12(15)16)19-14-7-10(9-17)3-5-13(14)18/h3-8,19H,2,18H2,1H3. The Kier molecular flexibility index (Phi) is 4.06. The number of benzene rings is 2. The lowest BCUT2D eigenvalue weighted by atomic mass is 10.2. The number of nitrogens with one attached hydrogen (secondary N) is 1. The van der Waals surface area contributed by atoms with E-state index in [1.165, 1.54) is 6.07 Å². The molecule has 0 bridgehead atoms. The van der Waals surface area contributed by atoms with Gasteiger partial charge in [0.05, 0.1) is 29.6 Å². The highest BCUT2D eigenvalue weighted by Gasteiger charge is 2.06. The van der Waals surface area contributed by atoms with E-state index >= 15 is 0 Å². The van der Waals surface area contributed by atoms with E-state index in [9.17, 15) is 4.39 Å². The van der Waals surface area contributed by atoms with Gasteiger partial charge < -0.3 is 15.8 Å². The Bertz CT molecular complexity index is 665. The van der Waals surface area contributed by atoms with Crippen LogP contribution in [0.25, 0.3) is 0 Å². The summed E-state index contributed by atoms with van der Waals surface area (Å²) in [6.07, 6.45) is 0. The molecule has 3 N–H and O–H groups in total. The molecular weight excluding hydrogens is 257 g/mol. The van der Waals surface area contributed by atoms with Gasteiger partial charge in [-0.25, -0.2) is 4.39 Å². The lowest BCUT2D eigenvalue weighted by molar-refractivity contribution is 0.321. The molecule has 0 saturated carbocycles. The number of hydrogen-bond donors (Lipinski definition) is 2. The summed E-state index contributed by atoms with van der Waals surface area (Å²) in [6.45, 7) is 2.19. The maximum atomic E-state index is 13.7. The lowest BCUT2D eigenvalue weighted by Gasteiger charge is -2.11. The first kappa shape index (κ1) is 13.7. The molecule has 0 aliphatic rings. The Hall–Kier alpha value is -2.74. The molecule has 0 atom stereocenters. The predicted octanol–water partition coefficient (Wildman–Crippen LogP) is 3.42. The van der Waals surface area contributed by atoms with E-state index in [1.807, 2.05) is 6.07 Å². The number of nitriles is 1. The van der Waals surface area contributed by atoms with E-state index in [1.54, 1.807) is 37.3 Å². The number of nitrogens with two attached hydrogens (primary N) is 1. The van der Waals surface area contributed by atoms with Gasteiger partial charge in [-0.05, 0) is 37.3 Å². The number of rotatable bonds is 4.